The molecule has 3 atom stereocenters. The summed E-state index contributed by atoms with van der Waals surface area (Å²) in [5.41, 5.74) is 2.91. The Bertz CT molecular complexity index is 940. The van der Waals surface area contributed by atoms with Gasteiger partial charge in [-0.3, -0.25) is 0 Å². The number of para-hydroxylation sites is 1. The number of benzene rings is 2. The Balaban J connectivity index is 1.85. The smallest absolute Gasteiger partial charge is 0.335 e. The summed E-state index contributed by atoms with van der Waals surface area (Å²) in [5, 5.41) is 13.3. The first kappa shape index (κ1) is 17.7. The van der Waals surface area contributed by atoms with Crippen LogP contribution >= 0.6 is 11.6 Å². The Hall–Kier alpha value is -2.66. The van der Waals surface area contributed by atoms with Gasteiger partial charge in [-0.25, -0.2) is 4.79 Å². The van der Waals surface area contributed by atoms with E-state index >= 15 is 0 Å². The molecule has 0 unspecified atom stereocenters. The van der Waals surface area contributed by atoms with Crippen molar-refractivity contribution in [3.63, 3.8) is 0 Å². The maximum Gasteiger partial charge on any atom is 0.335 e. The molecule has 1 aliphatic heterocycles. The lowest BCUT2D eigenvalue weighted by Gasteiger charge is -2.38. The number of allylic oxidation sites excluding steroid dienone is 2. The topological polar surface area (TPSA) is 67.8 Å². The van der Waals surface area contributed by atoms with Crippen LogP contribution in [0.25, 0.3) is 0 Å². The number of carboxylic acids is 1. The standard InChI is InChI=1S/C21H20ClNO4/c1-26-17-8-4-7-14(20(17)27-2)18-13-6-3-5-12(13)15-9-11(21(24)25)10-16(22)19(15)23-18/h3-5,7-10,12-13,18,23H,6H2,1-2H3,(H,24,25)/t12-,13+,18+/m1/s1. The lowest BCUT2D eigenvalue weighted by atomic mass is 9.76. The first-order valence-electron chi connectivity index (χ1n) is 8.76. The third-order valence-electron chi connectivity index (χ3n) is 5.44. The van der Waals surface area contributed by atoms with Gasteiger partial charge in [0.05, 0.1) is 36.5 Å². The Morgan fingerprint density at radius 2 is 2.04 bits per heavy atom. The molecule has 1 aliphatic carbocycles. The first-order valence-corrected chi connectivity index (χ1v) is 9.13. The van der Waals surface area contributed by atoms with Crippen molar-refractivity contribution in [3.05, 3.63) is 64.2 Å². The number of fused-ring (bicyclic) bond motifs is 3. The summed E-state index contributed by atoms with van der Waals surface area (Å²) in [4.78, 5) is 11.4. The number of rotatable bonds is 4. The van der Waals surface area contributed by atoms with Gasteiger partial charge < -0.3 is 19.9 Å². The van der Waals surface area contributed by atoms with Crippen LogP contribution in [0.15, 0.2) is 42.5 Å². The van der Waals surface area contributed by atoms with Gasteiger partial charge in [-0.1, -0.05) is 35.9 Å². The molecule has 0 fully saturated rings. The van der Waals surface area contributed by atoms with Gasteiger partial charge in [-0.2, -0.15) is 0 Å². The highest BCUT2D eigenvalue weighted by Crippen LogP contribution is 2.53. The predicted octanol–water partition coefficient (Wildman–Crippen LogP) is 4.88. The number of hydrogen-bond donors (Lipinski definition) is 2. The zero-order valence-corrected chi connectivity index (χ0v) is 15.8. The van der Waals surface area contributed by atoms with Crippen LogP contribution in [0.3, 0.4) is 0 Å². The second-order valence-corrected chi connectivity index (χ2v) is 7.19. The summed E-state index contributed by atoms with van der Waals surface area (Å²) < 4.78 is 11.1. The Morgan fingerprint density at radius 3 is 2.74 bits per heavy atom. The first-order chi connectivity index (χ1) is 13.0. The maximum absolute atomic E-state index is 11.4. The van der Waals surface area contributed by atoms with Gasteiger partial charge in [0.15, 0.2) is 11.5 Å². The number of aromatic carboxylic acids is 1. The molecular formula is C21H20ClNO4. The molecule has 0 saturated carbocycles. The van der Waals surface area contributed by atoms with Gasteiger partial charge in [0, 0.05) is 11.5 Å². The largest absolute Gasteiger partial charge is 0.493 e. The van der Waals surface area contributed by atoms with Gasteiger partial charge in [-0.05, 0) is 36.1 Å². The average Bonchev–Trinajstić information content (AvgIpc) is 3.16. The zero-order valence-electron chi connectivity index (χ0n) is 15.0. The van der Waals surface area contributed by atoms with Crippen LogP contribution in [-0.2, 0) is 0 Å². The molecule has 0 radical (unpaired) electrons. The third-order valence-corrected chi connectivity index (χ3v) is 5.73. The van der Waals surface area contributed by atoms with Gasteiger partial charge in [0.1, 0.15) is 0 Å². The molecule has 2 aliphatic rings. The van der Waals surface area contributed by atoms with E-state index in [1.165, 1.54) is 6.07 Å². The fraction of sp³-hybridized carbons (Fsp3) is 0.286. The molecule has 6 heteroatoms. The van der Waals surface area contributed by atoms with E-state index in [0.717, 1.165) is 23.2 Å². The molecule has 0 amide bonds. The van der Waals surface area contributed by atoms with E-state index in [0.29, 0.717) is 16.5 Å². The number of hydrogen-bond acceptors (Lipinski definition) is 4. The molecule has 27 heavy (non-hydrogen) atoms. The molecule has 5 nitrogen and oxygen atoms in total. The van der Waals surface area contributed by atoms with E-state index < -0.39 is 5.97 Å². The number of nitrogens with one attached hydrogen (secondary N) is 1. The molecule has 1 heterocycles. The molecule has 0 spiro atoms. The van der Waals surface area contributed by atoms with Crippen molar-refractivity contribution in [1.29, 1.82) is 0 Å². The van der Waals surface area contributed by atoms with Crippen molar-refractivity contribution in [3.8, 4) is 11.5 Å². The Kier molecular flexibility index (Phi) is 4.48. The number of anilines is 1. The quantitative estimate of drug-likeness (QED) is 0.734. The van der Waals surface area contributed by atoms with Crippen molar-refractivity contribution in [2.24, 2.45) is 5.92 Å². The SMILES string of the molecule is COc1cccc([C@H]2Nc3c(Cl)cc(C(=O)O)cc3[C@@H]3C=CC[C@H]23)c1OC. The molecule has 2 aromatic carbocycles. The maximum atomic E-state index is 11.4. The Labute approximate surface area is 162 Å². The highest BCUT2D eigenvalue weighted by atomic mass is 35.5. The van der Waals surface area contributed by atoms with Crippen LogP contribution < -0.4 is 14.8 Å². The molecule has 140 valence electrons. The second kappa shape index (κ2) is 6.82. The number of carbonyl (C=O) groups is 1. The van der Waals surface area contributed by atoms with Crippen molar-refractivity contribution in [2.75, 3.05) is 19.5 Å². The minimum Gasteiger partial charge on any atom is -0.493 e. The van der Waals surface area contributed by atoms with Crippen molar-refractivity contribution < 1.29 is 19.4 Å². The number of ether oxygens (including phenoxy) is 2. The van der Waals surface area contributed by atoms with Crippen LogP contribution in [0.1, 0.15) is 39.9 Å². The van der Waals surface area contributed by atoms with Crippen LogP contribution in [0.4, 0.5) is 5.69 Å². The molecular weight excluding hydrogens is 366 g/mol. The molecule has 0 bridgehead atoms. The van der Waals surface area contributed by atoms with Crippen molar-refractivity contribution in [2.45, 2.75) is 18.4 Å². The summed E-state index contributed by atoms with van der Waals surface area (Å²) >= 11 is 6.46. The monoisotopic (exact) mass is 385 g/mol. The third kappa shape index (κ3) is 2.82. The normalized spacial score (nSPS) is 22.6. The summed E-state index contributed by atoms with van der Waals surface area (Å²) in [6.07, 6.45) is 5.18. The van der Waals surface area contributed by atoms with E-state index in [1.54, 1.807) is 20.3 Å². The average molecular weight is 386 g/mol. The van der Waals surface area contributed by atoms with Crippen LogP contribution in [0, 0.1) is 5.92 Å². The highest BCUT2D eigenvalue weighted by Gasteiger charge is 2.40. The number of methoxy groups -OCH3 is 2. The van der Waals surface area contributed by atoms with E-state index in [2.05, 4.69) is 17.5 Å². The van der Waals surface area contributed by atoms with E-state index in [4.69, 9.17) is 21.1 Å². The second-order valence-electron chi connectivity index (χ2n) is 6.79. The fourth-order valence-electron chi connectivity index (χ4n) is 4.24. The summed E-state index contributed by atoms with van der Waals surface area (Å²) in [5.74, 6) is 0.731. The fourth-order valence-corrected chi connectivity index (χ4v) is 4.52. The summed E-state index contributed by atoms with van der Waals surface area (Å²) in [6, 6.07) is 9.03. The van der Waals surface area contributed by atoms with Gasteiger partial charge >= 0.3 is 5.97 Å². The van der Waals surface area contributed by atoms with Crippen LogP contribution in [-0.4, -0.2) is 25.3 Å². The minimum absolute atomic E-state index is 0.0317. The van der Waals surface area contributed by atoms with E-state index in [9.17, 15) is 9.90 Å². The predicted molar refractivity (Wildman–Crippen MR) is 104 cm³/mol. The molecule has 0 aromatic heterocycles. The lowest BCUT2D eigenvalue weighted by Crippen LogP contribution is -2.30. The molecule has 4 rings (SSSR count). The molecule has 2 N–H and O–H groups in total. The number of halogens is 1. The summed E-state index contributed by atoms with van der Waals surface area (Å²) in [6.45, 7) is 0. The zero-order chi connectivity index (χ0) is 19.1. The minimum atomic E-state index is -0.977. The lowest BCUT2D eigenvalue weighted by molar-refractivity contribution is 0.0696. The highest BCUT2D eigenvalue weighted by molar-refractivity contribution is 6.33. The van der Waals surface area contributed by atoms with E-state index in [-0.39, 0.29) is 23.4 Å². The van der Waals surface area contributed by atoms with E-state index in [1.807, 2.05) is 18.2 Å². The Morgan fingerprint density at radius 1 is 1.22 bits per heavy atom. The van der Waals surface area contributed by atoms with Gasteiger partial charge in [-0.15, -0.1) is 0 Å². The van der Waals surface area contributed by atoms with Crippen LogP contribution in [0.5, 0.6) is 11.5 Å². The summed E-state index contributed by atoms with van der Waals surface area (Å²) in [7, 11) is 3.25. The van der Waals surface area contributed by atoms with Gasteiger partial charge in [0.2, 0.25) is 0 Å². The van der Waals surface area contributed by atoms with Crippen molar-refractivity contribution >= 4 is 23.3 Å². The van der Waals surface area contributed by atoms with Crippen molar-refractivity contribution in [1.82, 2.24) is 0 Å². The molecule has 0 saturated heterocycles. The van der Waals surface area contributed by atoms with Crippen LogP contribution in [0.2, 0.25) is 5.02 Å². The van der Waals surface area contributed by atoms with Gasteiger partial charge in [0.25, 0.3) is 0 Å². The number of carboxylic acid groups (broad SMARTS) is 1. The molecule has 2 aromatic rings.